The highest BCUT2D eigenvalue weighted by Crippen LogP contribution is 2.30. The Morgan fingerprint density at radius 2 is 1.96 bits per heavy atom. The summed E-state index contributed by atoms with van der Waals surface area (Å²) in [6, 6.07) is 4.63. The summed E-state index contributed by atoms with van der Waals surface area (Å²) < 4.78 is 34.3. The SMILES string of the molecule is COc1ccc(Cl)cc1S(=O)(=O)N1CCN(CCc2cn(C)nn2)CC1. The number of aromatic nitrogens is 3. The molecule has 0 N–H and O–H groups in total. The molecular weight excluding hydrogens is 378 g/mol. The van der Waals surface area contributed by atoms with Crippen LogP contribution in [0.25, 0.3) is 0 Å². The van der Waals surface area contributed by atoms with Gasteiger partial charge in [-0.1, -0.05) is 16.8 Å². The molecule has 2 aromatic rings. The third-order valence-electron chi connectivity index (χ3n) is 4.41. The molecule has 0 saturated carbocycles. The van der Waals surface area contributed by atoms with Crippen LogP contribution < -0.4 is 4.74 Å². The molecule has 2 heterocycles. The number of aryl methyl sites for hydroxylation is 1. The van der Waals surface area contributed by atoms with Crippen molar-refractivity contribution < 1.29 is 13.2 Å². The Bertz CT molecular complexity index is 863. The normalized spacial score (nSPS) is 16.7. The molecule has 0 aliphatic carbocycles. The topological polar surface area (TPSA) is 80.6 Å². The van der Waals surface area contributed by atoms with Gasteiger partial charge in [0, 0.05) is 57.4 Å². The average Bonchev–Trinajstić information content (AvgIpc) is 3.05. The highest BCUT2D eigenvalue weighted by Gasteiger charge is 2.31. The molecule has 0 spiro atoms. The number of piperazine rings is 1. The molecule has 0 bridgehead atoms. The highest BCUT2D eigenvalue weighted by molar-refractivity contribution is 7.89. The maximum Gasteiger partial charge on any atom is 0.246 e. The summed E-state index contributed by atoms with van der Waals surface area (Å²) in [4.78, 5) is 2.34. The van der Waals surface area contributed by atoms with Crippen molar-refractivity contribution in [2.24, 2.45) is 7.05 Å². The van der Waals surface area contributed by atoms with E-state index in [0.717, 1.165) is 18.7 Å². The minimum atomic E-state index is -3.64. The van der Waals surface area contributed by atoms with E-state index in [1.54, 1.807) is 16.8 Å². The Labute approximate surface area is 158 Å². The number of sulfonamides is 1. The molecule has 1 aromatic carbocycles. The van der Waals surface area contributed by atoms with Crippen molar-refractivity contribution in [1.82, 2.24) is 24.2 Å². The van der Waals surface area contributed by atoms with Gasteiger partial charge in [0.25, 0.3) is 0 Å². The van der Waals surface area contributed by atoms with Gasteiger partial charge in [0.05, 0.1) is 12.8 Å². The lowest BCUT2D eigenvalue weighted by Gasteiger charge is -2.34. The van der Waals surface area contributed by atoms with Gasteiger partial charge < -0.3 is 9.64 Å². The summed E-state index contributed by atoms with van der Waals surface area (Å²) in [6.07, 6.45) is 2.69. The third kappa shape index (κ3) is 4.17. The van der Waals surface area contributed by atoms with Crippen LogP contribution in [0, 0.1) is 0 Å². The predicted octanol–water partition coefficient (Wildman–Crippen LogP) is 1.03. The second-order valence-electron chi connectivity index (χ2n) is 6.17. The van der Waals surface area contributed by atoms with Gasteiger partial charge >= 0.3 is 0 Å². The molecule has 0 radical (unpaired) electrons. The van der Waals surface area contributed by atoms with Crippen molar-refractivity contribution in [2.75, 3.05) is 39.8 Å². The number of benzene rings is 1. The number of rotatable bonds is 6. The predicted molar refractivity (Wildman–Crippen MR) is 97.9 cm³/mol. The van der Waals surface area contributed by atoms with Gasteiger partial charge in [-0.25, -0.2) is 8.42 Å². The Balaban J connectivity index is 1.62. The Morgan fingerprint density at radius 1 is 1.23 bits per heavy atom. The van der Waals surface area contributed by atoms with E-state index in [1.165, 1.54) is 17.5 Å². The Kier molecular flexibility index (Phi) is 5.81. The number of ether oxygens (including phenoxy) is 1. The largest absolute Gasteiger partial charge is 0.495 e. The quantitative estimate of drug-likeness (QED) is 0.721. The van der Waals surface area contributed by atoms with Crippen LogP contribution in [0.1, 0.15) is 5.69 Å². The van der Waals surface area contributed by atoms with Crippen LogP contribution in [0.2, 0.25) is 5.02 Å². The molecule has 1 aliphatic rings. The molecular formula is C16H22ClN5O3S. The molecule has 1 aromatic heterocycles. The number of hydrogen-bond donors (Lipinski definition) is 0. The molecule has 1 saturated heterocycles. The third-order valence-corrected chi connectivity index (χ3v) is 6.56. The van der Waals surface area contributed by atoms with Gasteiger partial charge in [-0.15, -0.1) is 5.10 Å². The lowest BCUT2D eigenvalue weighted by molar-refractivity contribution is 0.189. The van der Waals surface area contributed by atoms with Crippen LogP contribution >= 0.6 is 11.6 Å². The van der Waals surface area contributed by atoms with E-state index in [9.17, 15) is 8.42 Å². The fourth-order valence-electron chi connectivity index (χ4n) is 2.97. The first kappa shape index (κ1) is 19.1. The van der Waals surface area contributed by atoms with Crippen LogP contribution in [-0.2, 0) is 23.5 Å². The molecule has 0 unspecified atom stereocenters. The lowest BCUT2D eigenvalue weighted by Crippen LogP contribution is -2.49. The zero-order valence-corrected chi connectivity index (χ0v) is 16.4. The summed E-state index contributed by atoms with van der Waals surface area (Å²) in [5, 5.41) is 8.36. The van der Waals surface area contributed by atoms with Gasteiger partial charge in [-0.05, 0) is 18.2 Å². The number of methoxy groups -OCH3 is 1. The molecule has 10 heteroatoms. The molecule has 142 valence electrons. The highest BCUT2D eigenvalue weighted by atomic mass is 35.5. The summed E-state index contributed by atoms with van der Waals surface area (Å²) >= 11 is 5.98. The second-order valence-corrected chi connectivity index (χ2v) is 8.52. The minimum Gasteiger partial charge on any atom is -0.495 e. The molecule has 1 fully saturated rings. The smallest absolute Gasteiger partial charge is 0.246 e. The summed E-state index contributed by atoms with van der Waals surface area (Å²) in [5.41, 5.74) is 0.936. The Hall–Kier alpha value is -1.68. The fourth-order valence-corrected chi connectivity index (χ4v) is 4.81. The number of nitrogens with zero attached hydrogens (tertiary/aromatic N) is 5. The standard InChI is InChI=1S/C16H22ClN5O3S/c1-20-12-14(18-19-20)5-6-21-7-9-22(10-8-21)26(23,24)16-11-13(17)3-4-15(16)25-2/h3-4,11-12H,5-10H2,1-2H3. The summed E-state index contributed by atoms with van der Waals surface area (Å²) in [5.74, 6) is 0.305. The van der Waals surface area contributed by atoms with Gasteiger partial charge in [0.15, 0.2) is 0 Å². The zero-order chi connectivity index (χ0) is 18.7. The monoisotopic (exact) mass is 399 g/mol. The van der Waals surface area contributed by atoms with Crippen LogP contribution in [0.3, 0.4) is 0 Å². The van der Waals surface area contributed by atoms with Crippen molar-refractivity contribution >= 4 is 21.6 Å². The van der Waals surface area contributed by atoms with Gasteiger partial charge in [-0.3, -0.25) is 4.68 Å². The molecule has 3 rings (SSSR count). The molecule has 8 nitrogen and oxygen atoms in total. The van der Waals surface area contributed by atoms with Crippen molar-refractivity contribution in [1.29, 1.82) is 0 Å². The first-order chi connectivity index (χ1) is 12.4. The molecule has 0 atom stereocenters. The second kappa shape index (κ2) is 7.91. The first-order valence-electron chi connectivity index (χ1n) is 8.31. The van der Waals surface area contributed by atoms with E-state index in [1.807, 2.05) is 13.2 Å². The molecule has 0 amide bonds. The van der Waals surface area contributed by atoms with Crippen molar-refractivity contribution in [3.05, 3.63) is 35.1 Å². The zero-order valence-electron chi connectivity index (χ0n) is 14.8. The maximum absolute atomic E-state index is 13.0. The van der Waals surface area contributed by atoms with Crippen LogP contribution in [0.5, 0.6) is 5.75 Å². The van der Waals surface area contributed by atoms with E-state index in [4.69, 9.17) is 16.3 Å². The van der Waals surface area contributed by atoms with E-state index >= 15 is 0 Å². The first-order valence-corrected chi connectivity index (χ1v) is 10.1. The van der Waals surface area contributed by atoms with Crippen molar-refractivity contribution in [2.45, 2.75) is 11.3 Å². The van der Waals surface area contributed by atoms with Gasteiger partial charge in [-0.2, -0.15) is 4.31 Å². The van der Waals surface area contributed by atoms with Crippen LogP contribution in [0.4, 0.5) is 0 Å². The van der Waals surface area contributed by atoms with Crippen molar-refractivity contribution in [3.8, 4) is 5.75 Å². The van der Waals surface area contributed by atoms with Crippen LogP contribution in [0.15, 0.2) is 29.3 Å². The van der Waals surface area contributed by atoms with E-state index in [-0.39, 0.29) is 4.90 Å². The van der Waals surface area contributed by atoms with Gasteiger partial charge in [0.1, 0.15) is 10.6 Å². The number of hydrogen-bond acceptors (Lipinski definition) is 6. The molecule has 1 aliphatic heterocycles. The van der Waals surface area contributed by atoms with Crippen LogP contribution in [-0.4, -0.2) is 72.5 Å². The number of halogens is 1. The average molecular weight is 400 g/mol. The summed E-state index contributed by atoms with van der Waals surface area (Å²) in [6.45, 7) is 3.02. The summed E-state index contributed by atoms with van der Waals surface area (Å²) in [7, 11) is -0.354. The fraction of sp³-hybridized carbons (Fsp3) is 0.500. The molecule has 26 heavy (non-hydrogen) atoms. The van der Waals surface area contributed by atoms with Crippen molar-refractivity contribution in [3.63, 3.8) is 0 Å². The Morgan fingerprint density at radius 3 is 2.58 bits per heavy atom. The van der Waals surface area contributed by atoms with E-state index < -0.39 is 10.0 Å². The van der Waals surface area contributed by atoms with Gasteiger partial charge in [0.2, 0.25) is 10.0 Å². The maximum atomic E-state index is 13.0. The van der Waals surface area contributed by atoms with E-state index in [2.05, 4.69) is 15.2 Å². The minimum absolute atomic E-state index is 0.112. The lowest BCUT2D eigenvalue weighted by atomic mass is 10.3. The van der Waals surface area contributed by atoms with E-state index in [0.29, 0.717) is 37.0 Å².